The second-order valence-electron chi connectivity index (χ2n) is 5.13. The van der Waals surface area contributed by atoms with Crippen molar-refractivity contribution in [2.45, 2.75) is 6.42 Å². The summed E-state index contributed by atoms with van der Waals surface area (Å²) in [6.45, 7) is 0.348. The number of para-hydroxylation sites is 1. The Kier molecular flexibility index (Phi) is 3.59. The fourth-order valence-corrected chi connectivity index (χ4v) is 4.03. The Morgan fingerprint density at radius 3 is 2.81 bits per heavy atom. The molecule has 0 spiro atoms. The van der Waals surface area contributed by atoms with Crippen molar-refractivity contribution in [2.24, 2.45) is 5.92 Å². The van der Waals surface area contributed by atoms with Crippen LogP contribution in [-0.2, 0) is 13.8 Å². The van der Waals surface area contributed by atoms with Crippen LogP contribution in [0.4, 0.5) is 5.69 Å². The molecule has 1 aromatic carbocycles. The Balaban J connectivity index is 1.95. The number of hydrogen-bond acceptors (Lipinski definition) is 4. The van der Waals surface area contributed by atoms with Gasteiger partial charge in [-0.05, 0) is 12.1 Å². The fourth-order valence-electron chi connectivity index (χ4n) is 2.71. The minimum atomic E-state index is -3.60. The molecule has 5 nitrogen and oxygen atoms in total. The summed E-state index contributed by atoms with van der Waals surface area (Å²) in [5.74, 6) is -0.563. The Morgan fingerprint density at radius 2 is 2.05 bits per heavy atom. The van der Waals surface area contributed by atoms with Crippen molar-refractivity contribution in [1.29, 1.82) is 0 Å². The summed E-state index contributed by atoms with van der Waals surface area (Å²) in [6, 6.07) is 9.37. The third-order valence-electron chi connectivity index (χ3n) is 3.54. The maximum absolute atomic E-state index is 12.2. The molecule has 0 aliphatic carbocycles. The third kappa shape index (κ3) is 3.01. The van der Waals surface area contributed by atoms with E-state index in [4.69, 9.17) is 10.7 Å². The van der Waals surface area contributed by atoms with Gasteiger partial charge in [-0.1, -0.05) is 18.2 Å². The van der Waals surface area contributed by atoms with Crippen molar-refractivity contribution in [3.8, 4) is 0 Å². The minimum absolute atomic E-state index is 0.0986. The molecule has 1 atom stereocenters. The standard InChI is InChI=1S/C14H13ClN2O3S/c15-21(19,20)9-10-7-13(18)17(8-10)12-5-1-3-11-4-2-6-16-14(11)12/h1-6,10H,7-9H2. The number of anilines is 1. The molecule has 1 fully saturated rings. The number of benzene rings is 1. The van der Waals surface area contributed by atoms with Gasteiger partial charge in [0.25, 0.3) is 0 Å². The Morgan fingerprint density at radius 1 is 1.29 bits per heavy atom. The zero-order chi connectivity index (χ0) is 15.0. The second kappa shape index (κ2) is 5.27. The Labute approximate surface area is 127 Å². The van der Waals surface area contributed by atoms with E-state index in [9.17, 15) is 13.2 Å². The fraction of sp³-hybridized carbons (Fsp3) is 0.286. The van der Waals surface area contributed by atoms with Crippen LogP contribution in [0.15, 0.2) is 36.5 Å². The average molecular weight is 325 g/mol. The molecule has 110 valence electrons. The van der Waals surface area contributed by atoms with Gasteiger partial charge in [-0.2, -0.15) is 0 Å². The van der Waals surface area contributed by atoms with Crippen molar-refractivity contribution in [3.05, 3.63) is 36.5 Å². The van der Waals surface area contributed by atoms with Gasteiger partial charge in [-0.3, -0.25) is 9.78 Å². The lowest BCUT2D eigenvalue weighted by atomic mass is 10.1. The van der Waals surface area contributed by atoms with Gasteiger partial charge in [0.1, 0.15) is 0 Å². The van der Waals surface area contributed by atoms with E-state index in [0.29, 0.717) is 12.2 Å². The summed E-state index contributed by atoms with van der Waals surface area (Å²) < 4.78 is 22.3. The van der Waals surface area contributed by atoms with Gasteiger partial charge in [-0.25, -0.2) is 8.42 Å². The highest BCUT2D eigenvalue weighted by Gasteiger charge is 2.33. The molecule has 21 heavy (non-hydrogen) atoms. The summed E-state index contributed by atoms with van der Waals surface area (Å²) >= 11 is 0. The zero-order valence-electron chi connectivity index (χ0n) is 11.1. The summed E-state index contributed by atoms with van der Waals surface area (Å²) in [5, 5.41) is 0.941. The molecule has 2 aromatic rings. The van der Waals surface area contributed by atoms with E-state index in [2.05, 4.69) is 4.98 Å². The number of nitrogens with zero attached hydrogens (tertiary/aromatic N) is 2. The van der Waals surface area contributed by atoms with E-state index in [0.717, 1.165) is 10.9 Å². The van der Waals surface area contributed by atoms with Crippen LogP contribution in [-0.4, -0.2) is 31.6 Å². The normalized spacial score (nSPS) is 19.4. The Bertz CT molecular complexity index is 801. The number of fused-ring (bicyclic) bond motifs is 1. The van der Waals surface area contributed by atoms with Crippen molar-refractivity contribution in [2.75, 3.05) is 17.2 Å². The topological polar surface area (TPSA) is 67.3 Å². The number of rotatable bonds is 3. The maximum Gasteiger partial charge on any atom is 0.232 e. The van der Waals surface area contributed by atoms with Crippen LogP contribution < -0.4 is 4.90 Å². The molecule has 1 aliphatic heterocycles. The van der Waals surface area contributed by atoms with Gasteiger partial charge in [0, 0.05) is 41.1 Å². The van der Waals surface area contributed by atoms with Crippen LogP contribution in [0.3, 0.4) is 0 Å². The molecule has 2 heterocycles. The van der Waals surface area contributed by atoms with Crippen molar-refractivity contribution < 1.29 is 13.2 Å². The molecule has 3 rings (SSSR count). The minimum Gasteiger partial charge on any atom is -0.310 e. The number of pyridine rings is 1. The molecule has 0 radical (unpaired) electrons. The molecule has 0 saturated carbocycles. The number of carbonyl (C=O) groups excluding carboxylic acids is 1. The van der Waals surface area contributed by atoms with Gasteiger partial charge >= 0.3 is 0 Å². The summed E-state index contributed by atoms with van der Waals surface area (Å²) in [5.41, 5.74) is 1.45. The lowest BCUT2D eigenvalue weighted by molar-refractivity contribution is -0.117. The van der Waals surface area contributed by atoms with E-state index in [1.165, 1.54) is 0 Å². The number of amides is 1. The molecule has 7 heteroatoms. The monoisotopic (exact) mass is 324 g/mol. The van der Waals surface area contributed by atoms with Gasteiger partial charge < -0.3 is 4.90 Å². The van der Waals surface area contributed by atoms with E-state index < -0.39 is 9.05 Å². The third-order valence-corrected chi connectivity index (χ3v) is 4.79. The van der Waals surface area contributed by atoms with E-state index in [1.54, 1.807) is 11.1 Å². The largest absolute Gasteiger partial charge is 0.310 e. The number of carbonyl (C=O) groups is 1. The van der Waals surface area contributed by atoms with E-state index in [1.807, 2.05) is 30.3 Å². The number of aromatic nitrogens is 1. The van der Waals surface area contributed by atoms with Crippen LogP contribution >= 0.6 is 10.7 Å². The quantitative estimate of drug-likeness (QED) is 0.811. The van der Waals surface area contributed by atoms with Crippen LogP contribution in [0.1, 0.15) is 6.42 Å². The molecule has 1 aromatic heterocycles. The zero-order valence-corrected chi connectivity index (χ0v) is 12.6. The van der Waals surface area contributed by atoms with Crippen molar-refractivity contribution in [1.82, 2.24) is 4.98 Å². The molecule has 1 amide bonds. The first-order valence-corrected chi connectivity index (χ1v) is 8.98. The molecule has 1 aliphatic rings. The van der Waals surface area contributed by atoms with Crippen molar-refractivity contribution in [3.63, 3.8) is 0 Å². The highest BCUT2D eigenvalue weighted by Crippen LogP contribution is 2.31. The van der Waals surface area contributed by atoms with Gasteiger partial charge in [-0.15, -0.1) is 0 Å². The van der Waals surface area contributed by atoms with Crippen LogP contribution in [0.5, 0.6) is 0 Å². The summed E-state index contributed by atoms with van der Waals surface area (Å²) in [4.78, 5) is 18.1. The van der Waals surface area contributed by atoms with Crippen LogP contribution in [0, 0.1) is 5.92 Å². The SMILES string of the molecule is O=C1CC(CS(=O)(=O)Cl)CN1c1cccc2cccnc12. The molecular weight excluding hydrogens is 312 g/mol. The predicted molar refractivity (Wildman–Crippen MR) is 81.8 cm³/mol. The smallest absolute Gasteiger partial charge is 0.232 e. The second-order valence-corrected chi connectivity index (χ2v) is 7.95. The number of hydrogen-bond donors (Lipinski definition) is 0. The van der Waals surface area contributed by atoms with E-state index in [-0.39, 0.29) is 24.0 Å². The van der Waals surface area contributed by atoms with Gasteiger partial charge in [0.2, 0.25) is 15.0 Å². The predicted octanol–water partition coefficient (Wildman–Crippen LogP) is 2.16. The highest BCUT2D eigenvalue weighted by atomic mass is 35.7. The van der Waals surface area contributed by atoms with Crippen molar-refractivity contribution >= 4 is 42.2 Å². The van der Waals surface area contributed by atoms with Crippen LogP contribution in [0.25, 0.3) is 10.9 Å². The highest BCUT2D eigenvalue weighted by molar-refractivity contribution is 8.13. The lowest BCUT2D eigenvalue weighted by Crippen LogP contribution is -2.25. The first-order chi connectivity index (χ1) is 9.94. The molecule has 0 N–H and O–H groups in total. The molecular formula is C14H13ClN2O3S. The van der Waals surface area contributed by atoms with Crippen LogP contribution in [0.2, 0.25) is 0 Å². The van der Waals surface area contributed by atoms with Gasteiger partial charge in [0.15, 0.2) is 0 Å². The van der Waals surface area contributed by atoms with E-state index >= 15 is 0 Å². The average Bonchev–Trinajstić information content (AvgIpc) is 2.76. The molecule has 0 bridgehead atoms. The Hall–Kier alpha value is -1.66. The summed E-state index contributed by atoms with van der Waals surface area (Å²) in [6.07, 6.45) is 1.86. The molecule has 1 unspecified atom stereocenters. The van der Waals surface area contributed by atoms with Gasteiger partial charge in [0.05, 0.1) is 17.0 Å². The summed E-state index contributed by atoms with van der Waals surface area (Å²) in [7, 11) is 1.68. The first kappa shape index (κ1) is 14.3. The first-order valence-electron chi connectivity index (χ1n) is 6.50. The molecule has 1 saturated heterocycles. The lowest BCUT2D eigenvalue weighted by Gasteiger charge is -2.18. The maximum atomic E-state index is 12.2. The number of halogens is 1.